The molecule has 124 valence electrons. The number of anilines is 1. The Hall–Kier alpha value is -2.34. The molecule has 0 saturated heterocycles. The first kappa shape index (κ1) is 17.0. The molecule has 2 aromatic heterocycles. The van der Waals surface area contributed by atoms with Gasteiger partial charge in [-0.1, -0.05) is 0 Å². The van der Waals surface area contributed by atoms with Crippen LogP contribution in [0.4, 0.5) is 5.82 Å². The number of aromatic amines is 1. The largest absolute Gasteiger partial charge is 0.368 e. The Morgan fingerprint density at radius 3 is 2.74 bits per heavy atom. The molecule has 0 unspecified atom stereocenters. The molecular weight excluding hydrogens is 290 g/mol. The SMILES string of the molecule is Cc1cnc(NC(C)C)cc1-c1c[nH]c(C(=O)N[C@@H](C)CN)c1. The normalized spacial score (nSPS) is 12.3. The number of hydrogen-bond acceptors (Lipinski definition) is 4. The predicted molar refractivity (Wildman–Crippen MR) is 93.5 cm³/mol. The summed E-state index contributed by atoms with van der Waals surface area (Å²) in [6.07, 6.45) is 3.67. The second-order valence-electron chi connectivity index (χ2n) is 6.10. The van der Waals surface area contributed by atoms with Crippen molar-refractivity contribution in [2.75, 3.05) is 11.9 Å². The standard InChI is InChI=1S/C17H25N5O/c1-10(2)21-16-6-14(11(3)8-20-16)13-5-15(19-9-13)17(23)22-12(4)7-18/h5-6,8-10,12,19H,7,18H2,1-4H3,(H,20,21)(H,22,23)/t12-/m0/s1. The zero-order valence-electron chi connectivity index (χ0n) is 14.1. The first-order chi connectivity index (χ1) is 10.9. The molecule has 2 heterocycles. The van der Waals surface area contributed by atoms with Crippen LogP contribution in [0.15, 0.2) is 24.5 Å². The van der Waals surface area contributed by atoms with Crippen LogP contribution in [-0.4, -0.2) is 34.5 Å². The van der Waals surface area contributed by atoms with Gasteiger partial charge in [0.15, 0.2) is 0 Å². The summed E-state index contributed by atoms with van der Waals surface area (Å²) >= 11 is 0. The van der Waals surface area contributed by atoms with Gasteiger partial charge in [-0.2, -0.15) is 0 Å². The Balaban J connectivity index is 2.24. The zero-order valence-corrected chi connectivity index (χ0v) is 14.1. The molecule has 0 aromatic carbocycles. The van der Waals surface area contributed by atoms with E-state index in [4.69, 9.17) is 5.73 Å². The number of aryl methyl sites for hydroxylation is 1. The quantitative estimate of drug-likeness (QED) is 0.657. The molecule has 0 spiro atoms. The minimum absolute atomic E-state index is 0.0567. The Kier molecular flexibility index (Phi) is 5.39. The molecule has 0 aliphatic carbocycles. The van der Waals surface area contributed by atoms with Gasteiger partial charge >= 0.3 is 0 Å². The molecule has 2 aromatic rings. The lowest BCUT2D eigenvalue weighted by molar-refractivity contribution is 0.0937. The summed E-state index contributed by atoms with van der Waals surface area (Å²) in [5, 5.41) is 6.13. The number of nitrogens with one attached hydrogen (secondary N) is 3. The minimum atomic E-state index is -0.151. The van der Waals surface area contributed by atoms with Crippen LogP contribution in [0.5, 0.6) is 0 Å². The summed E-state index contributed by atoms with van der Waals surface area (Å²) in [6.45, 7) is 8.42. The van der Waals surface area contributed by atoms with Crippen LogP contribution in [0.2, 0.25) is 0 Å². The fourth-order valence-electron chi connectivity index (χ4n) is 2.25. The van der Waals surface area contributed by atoms with E-state index < -0.39 is 0 Å². The number of amides is 1. The molecule has 1 amide bonds. The van der Waals surface area contributed by atoms with E-state index in [-0.39, 0.29) is 11.9 Å². The lowest BCUT2D eigenvalue weighted by Crippen LogP contribution is -2.37. The molecule has 0 radical (unpaired) electrons. The lowest BCUT2D eigenvalue weighted by atomic mass is 10.1. The van der Waals surface area contributed by atoms with E-state index in [1.165, 1.54) is 0 Å². The maximum absolute atomic E-state index is 12.1. The molecule has 5 N–H and O–H groups in total. The molecule has 0 aliphatic heterocycles. The van der Waals surface area contributed by atoms with E-state index in [1.54, 1.807) is 0 Å². The Morgan fingerprint density at radius 2 is 2.09 bits per heavy atom. The van der Waals surface area contributed by atoms with Gasteiger partial charge in [-0.25, -0.2) is 4.98 Å². The highest BCUT2D eigenvalue weighted by molar-refractivity contribution is 5.94. The van der Waals surface area contributed by atoms with E-state index in [1.807, 2.05) is 38.4 Å². The van der Waals surface area contributed by atoms with E-state index in [0.29, 0.717) is 18.3 Å². The lowest BCUT2D eigenvalue weighted by Gasteiger charge is -2.11. The van der Waals surface area contributed by atoms with Gasteiger partial charge in [0.2, 0.25) is 0 Å². The molecular formula is C17H25N5O. The summed E-state index contributed by atoms with van der Waals surface area (Å²) in [6, 6.07) is 4.10. The van der Waals surface area contributed by atoms with Gasteiger partial charge < -0.3 is 21.4 Å². The smallest absolute Gasteiger partial charge is 0.267 e. The highest BCUT2D eigenvalue weighted by Crippen LogP contribution is 2.26. The van der Waals surface area contributed by atoms with Crippen molar-refractivity contribution < 1.29 is 4.79 Å². The molecule has 1 atom stereocenters. The fourth-order valence-corrected chi connectivity index (χ4v) is 2.25. The van der Waals surface area contributed by atoms with Gasteiger partial charge in [-0.3, -0.25) is 4.79 Å². The Labute approximate surface area is 136 Å². The third-order valence-corrected chi connectivity index (χ3v) is 3.51. The van der Waals surface area contributed by atoms with Crippen molar-refractivity contribution in [2.45, 2.75) is 39.8 Å². The first-order valence-corrected chi connectivity index (χ1v) is 7.83. The minimum Gasteiger partial charge on any atom is -0.368 e. The first-order valence-electron chi connectivity index (χ1n) is 7.83. The monoisotopic (exact) mass is 315 g/mol. The fraction of sp³-hybridized carbons (Fsp3) is 0.412. The summed E-state index contributed by atoms with van der Waals surface area (Å²) in [5.41, 5.74) is 9.12. The van der Waals surface area contributed by atoms with Gasteiger partial charge in [-0.05, 0) is 51.0 Å². The third kappa shape index (κ3) is 4.32. The number of pyridine rings is 1. The van der Waals surface area contributed by atoms with E-state index >= 15 is 0 Å². The van der Waals surface area contributed by atoms with Crippen LogP contribution >= 0.6 is 0 Å². The van der Waals surface area contributed by atoms with Crippen LogP contribution in [0.25, 0.3) is 11.1 Å². The summed E-state index contributed by atoms with van der Waals surface area (Å²) < 4.78 is 0. The molecule has 23 heavy (non-hydrogen) atoms. The number of H-pyrrole nitrogens is 1. The van der Waals surface area contributed by atoms with Crippen LogP contribution in [0.3, 0.4) is 0 Å². The van der Waals surface area contributed by atoms with Gasteiger partial charge in [-0.15, -0.1) is 0 Å². The number of carbonyl (C=O) groups excluding carboxylic acids is 1. The van der Waals surface area contributed by atoms with Crippen molar-refractivity contribution in [3.8, 4) is 11.1 Å². The molecule has 6 heteroatoms. The van der Waals surface area contributed by atoms with Crippen molar-refractivity contribution in [1.82, 2.24) is 15.3 Å². The number of hydrogen-bond donors (Lipinski definition) is 4. The van der Waals surface area contributed by atoms with Crippen molar-refractivity contribution in [2.24, 2.45) is 5.73 Å². The van der Waals surface area contributed by atoms with Crippen molar-refractivity contribution >= 4 is 11.7 Å². The van der Waals surface area contributed by atoms with Crippen LogP contribution < -0.4 is 16.4 Å². The number of aromatic nitrogens is 2. The predicted octanol–water partition coefficient (Wildman–Crippen LogP) is 2.28. The van der Waals surface area contributed by atoms with E-state index in [9.17, 15) is 4.79 Å². The summed E-state index contributed by atoms with van der Waals surface area (Å²) in [5.74, 6) is 0.672. The van der Waals surface area contributed by atoms with Gasteiger partial charge in [0, 0.05) is 36.6 Å². The van der Waals surface area contributed by atoms with Crippen molar-refractivity contribution in [3.63, 3.8) is 0 Å². The zero-order chi connectivity index (χ0) is 17.0. The third-order valence-electron chi connectivity index (χ3n) is 3.51. The Bertz CT molecular complexity index is 677. The van der Waals surface area contributed by atoms with Gasteiger partial charge in [0.1, 0.15) is 11.5 Å². The van der Waals surface area contributed by atoms with Crippen molar-refractivity contribution in [1.29, 1.82) is 0 Å². The average molecular weight is 315 g/mol. The van der Waals surface area contributed by atoms with Crippen LogP contribution in [0.1, 0.15) is 36.8 Å². The molecule has 0 bridgehead atoms. The highest BCUT2D eigenvalue weighted by atomic mass is 16.1. The Morgan fingerprint density at radius 1 is 1.35 bits per heavy atom. The second-order valence-corrected chi connectivity index (χ2v) is 6.10. The van der Waals surface area contributed by atoms with Crippen molar-refractivity contribution in [3.05, 3.63) is 35.8 Å². The summed E-state index contributed by atoms with van der Waals surface area (Å²) in [4.78, 5) is 19.5. The number of nitrogens with two attached hydrogens (primary N) is 1. The molecule has 6 nitrogen and oxygen atoms in total. The van der Waals surface area contributed by atoms with E-state index in [2.05, 4.69) is 34.4 Å². The van der Waals surface area contributed by atoms with E-state index in [0.717, 1.165) is 22.5 Å². The maximum Gasteiger partial charge on any atom is 0.267 e. The number of rotatable bonds is 6. The van der Waals surface area contributed by atoms with Crippen LogP contribution in [0, 0.1) is 6.92 Å². The topological polar surface area (TPSA) is 95.8 Å². The van der Waals surface area contributed by atoms with Gasteiger partial charge in [0.05, 0.1) is 0 Å². The second kappa shape index (κ2) is 7.28. The van der Waals surface area contributed by atoms with Gasteiger partial charge in [0.25, 0.3) is 5.91 Å². The molecule has 0 saturated carbocycles. The number of nitrogens with zero attached hydrogens (tertiary/aromatic N) is 1. The molecule has 2 rings (SSSR count). The molecule has 0 fully saturated rings. The van der Waals surface area contributed by atoms with Crippen LogP contribution in [-0.2, 0) is 0 Å². The molecule has 0 aliphatic rings. The summed E-state index contributed by atoms with van der Waals surface area (Å²) in [7, 11) is 0. The maximum atomic E-state index is 12.1. The number of carbonyl (C=O) groups is 1. The highest BCUT2D eigenvalue weighted by Gasteiger charge is 2.13. The average Bonchev–Trinajstić information content (AvgIpc) is 2.98.